The number of aromatic amines is 1. The van der Waals surface area contributed by atoms with E-state index in [0.717, 1.165) is 6.07 Å². The quantitative estimate of drug-likeness (QED) is 0.513. The van der Waals surface area contributed by atoms with Gasteiger partial charge in [-0.15, -0.1) is 0 Å². The molecule has 0 aliphatic rings. The molecule has 0 atom stereocenters. The van der Waals surface area contributed by atoms with Crippen LogP contribution in [0.15, 0.2) is 45.6 Å². The van der Waals surface area contributed by atoms with Crippen LogP contribution in [0.5, 0.6) is 5.88 Å². The van der Waals surface area contributed by atoms with Crippen molar-refractivity contribution in [3.8, 4) is 17.2 Å². The first-order chi connectivity index (χ1) is 13.2. The highest BCUT2D eigenvalue weighted by Crippen LogP contribution is 2.37. The zero-order valence-corrected chi connectivity index (χ0v) is 13.7. The number of hydrogen-bond donors (Lipinski definition) is 2. The second kappa shape index (κ2) is 7.02. The van der Waals surface area contributed by atoms with Crippen molar-refractivity contribution < 1.29 is 27.6 Å². The van der Waals surface area contributed by atoms with Gasteiger partial charge in [-0.25, -0.2) is 0 Å². The highest BCUT2D eigenvalue weighted by Gasteiger charge is 2.34. The third kappa shape index (κ3) is 3.77. The lowest BCUT2D eigenvalue weighted by molar-refractivity contribution is -0.387. The Morgan fingerprint density at radius 1 is 1.18 bits per heavy atom. The SMILES string of the molecule is O=c1[nH]c(/C=C/c2ccc(-c3ccccc3C(F)(F)F)o2)nc(O)c1[N+](=O)[O-]. The number of aromatic hydroxyl groups is 1. The van der Waals surface area contributed by atoms with Crippen LogP contribution in [0, 0.1) is 10.1 Å². The molecule has 3 rings (SSSR count). The Kier molecular flexibility index (Phi) is 4.74. The zero-order chi connectivity index (χ0) is 20.5. The molecule has 0 saturated heterocycles. The summed E-state index contributed by atoms with van der Waals surface area (Å²) < 4.78 is 44.7. The summed E-state index contributed by atoms with van der Waals surface area (Å²) in [5.41, 5.74) is -3.25. The topological polar surface area (TPSA) is 122 Å². The number of furan rings is 1. The lowest BCUT2D eigenvalue weighted by atomic mass is 10.1. The van der Waals surface area contributed by atoms with Crippen molar-refractivity contribution >= 4 is 17.8 Å². The number of nitrogens with zero attached hydrogens (tertiary/aromatic N) is 2. The average Bonchev–Trinajstić information content (AvgIpc) is 3.07. The number of nitro groups is 1. The highest BCUT2D eigenvalue weighted by atomic mass is 19.4. The Bertz CT molecular complexity index is 1130. The molecule has 144 valence electrons. The van der Waals surface area contributed by atoms with Crippen LogP contribution in [-0.4, -0.2) is 20.0 Å². The maximum absolute atomic E-state index is 13.1. The van der Waals surface area contributed by atoms with E-state index in [1.807, 2.05) is 0 Å². The fraction of sp³-hybridized carbons (Fsp3) is 0.0588. The van der Waals surface area contributed by atoms with E-state index >= 15 is 0 Å². The van der Waals surface area contributed by atoms with Gasteiger partial charge in [0.1, 0.15) is 17.3 Å². The van der Waals surface area contributed by atoms with Crippen molar-refractivity contribution in [2.24, 2.45) is 0 Å². The van der Waals surface area contributed by atoms with E-state index in [2.05, 4.69) is 9.97 Å². The van der Waals surface area contributed by atoms with E-state index in [9.17, 15) is 33.2 Å². The van der Waals surface area contributed by atoms with Gasteiger partial charge in [0.15, 0.2) is 0 Å². The first kappa shape index (κ1) is 18.9. The first-order valence-corrected chi connectivity index (χ1v) is 7.59. The number of hydrogen-bond acceptors (Lipinski definition) is 6. The van der Waals surface area contributed by atoms with Crippen LogP contribution in [0.4, 0.5) is 18.9 Å². The maximum atomic E-state index is 13.1. The molecule has 0 unspecified atom stereocenters. The Balaban J connectivity index is 1.91. The van der Waals surface area contributed by atoms with Crippen molar-refractivity contribution in [1.82, 2.24) is 9.97 Å². The molecule has 0 saturated carbocycles. The van der Waals surface area contributed by atoms with Gasteiger partial charge in [0.25, 0.3) is 5.88 Å². The summed E-state index contributed by atoms with van der Waals surface area (Å²) in [6.45, 7) is 0. The van der Waals surface area contributed by atoms with Gasteiger partial charge in [0.2, 0.25) is 0 Å². The molecule has 0 aliphatic heterocycles. The molecule has 8 nitrogen and oxygen atoms in total. The maximum Gasteiger partial charge on any atom is 0.417 e. The van der Waals surface area contributed by atoms with E-state index in [1.54, 1.807) is 0 Å². The average molecular weight is 393 g/mol. The summed E-state index contributed by atoms with van der Waals surface area (Å²) in [4.78, 5) is 26.7. The summed E-state index contributed by atoms with van der Waals surface area (Å²) >= 11 is 0. The number of nitrogens with one attached hydrogen (secondary N) is 1. The van der Waals surface area contributed by atoms with Gasteiger partial charge in [-0.1, -0.05) is 18.2 Å². The van der Waals surface area contributed by atoms with Crippen LogP contribution < -0.4 is 5.56 Å². The van der Waals surface area contributed by atoms with Gasteiger partial charge in [0, 0.05) is 5.56 Å². The van der Waals surface area contributed by atoms with E-state index in [0.29, 0.717) is 0 Å². The van der Waals surface area contributed by atoms with E-state index in [1.165, 1.54) is 42.5 Å². The summed E-state index contributed by atoms with van der Waals surface area (Å²) in [6.07, 6.45) is -2.12. The normalized spacial score (nSPS) is 11.8. The number of halogens is 3. The van der Waals surface area contributed by atoms with E-state index in [-0.39, 0.29) is 22.9 Å². The third-order valence-corrected chi connectivity index (χ3v) is 3.61. The van der Waals surface area contributed by atoms with Crippen molar-refractivity contribution in [2.75, 3.05) is 0 Å². The Morgan fingerprint density at radius 2 is 1.89 bits per heavy atom. The molecule has 0 fully saturated rings. The summed E-state index contributed by atoms with van der Waals surface area (Å²) in [6, 6.07) is 7.64. The molecule has 2 N–H and O–H groups in total. The van der Waals surface area contributed by atoms with Crippen LogP contribution in [0.25, 0.3) is 23.5 Å². The molecule has 0 amide bonds. The standard InChI is InChI=1S/C17H10F3N3O5/c18-17(19,20)11-4-2-1-3-10(11)12-7-5-9(28-12)6-8-13-21-15(24)14(23(26)27)16(25)22-13/h1-8H,(H2,21,22,24,25)/b8-6+. The summed E-state index contributed by atoms with van der Waals surface area (Å²) in [5, 5.41) is 20.1. The predicted molar refractivity (Wildman–Crippen MR) is 91.3 cm³/mol. The van der Waals surface area contributed by atoms with Crippen molar-refractivity contribution in [3.05, 3.63) is 74.0 Å². The van der Waals surface area contributed by atoms with Crippen LogP contribution in [0.2, 0.25) is 0 Å². The van der Waals surface area contributed by atoms with Crippen molar-refractivity contribution in [3.63, 3.8) is 0 Å². The molecule has 0 spiro atoms. The summed E-state index contributed by atoms with van der Waals surface area (Å²) in [7, 11) is 0. The molecular formula is C17H10F3N3O5. The molecule has 0 bridgehead atoms. The fourth-order valence-corrected chi connectivity index (χ4v) is 2.41. The third-order valence-electron chi connectivity index (χ3n) is 3.61. The van der Waals surface area contributed by atoms with Crippen LogP contribution in [-0.2, 0) is 6.18 Å². The molecule has 11 heteroatoms. The fourth-order valence-electron chi connectivity index (χ4n) is 2.41. The number of benzene rings is 1. The second-order valence-corrected chi connectivity index (χ2v) is 5.46. The second-order valence-electron chi connectivity index (χ2n) is 5.46. The smallest absolute Gasteiger partial charge is 0.417 e. The Morgan fingerprint density at radius 3 is 2.54 bits per heavy atom. The van der Waals surface area contributed by atoms with Gasteiger partial charge >= 0.3 is 17.4 Å². The molecular weight excluding hydrogens is 383 g/mol. The zero-order valence-electron chi connectivity index (χ0n) is 13.7. The molecule has 28 heavy (non-hydrogen) atoms. The number of rotatable bonds is 4. The highest BCUT2D eigenvalue weighted by molar-refractivity contribution is 5.68. The van der Waals surface area contributed by atoms with Crippen molar-refractivity contribution in [2.45, 2.75) is 6.18 Å². The Labute approximate surface area is 153 Å². The molecule has 2 heterocycles. The predicted octanol–water partition coefficient (Wildman–Crippen LogP) is 3.83. The minimum Gasteiger partial charge on any atom is -0.488 e. The van der Waals surface area contributed by atoms with Gasteiger partial charge < -0.3 is 14.5 Å². The first-order valence-electron chi connectivity index (χ1n) is 7.59. The lowest BCUT2D eigenvalue weighted by Gasteiger charge is -2.10. The molecule has 3 aromatic rings. The lowest BCUT2D eigenvalue weighted by Crippen LogP contribution is -2.14. The molecule has 0 aliphatic carbocycles. The molecule has 0 radical (unpaired) electrons. The largest absolute Gasteiger partial charge is 0.488 e. The Hall–Kier alpha value is -3.89. The van der Waals surface area contributed by atoms with Gasteiger partial charge in [0.05, 0.1) is 10.5 Å². The van der Waals surface area contributed by atoms with Gasteiger partial charge in [-0.05, 0) is 30.4 Å². The number of H-pyrrole nitrogens is 1. The number of aromatic nitrogens is 2. The minimum atomic E-state index is -4.56. The van der Waals surface area contributed by atoms with Crippen LogP contribution >= 0.6 is 0 Å². The van der Waals surface area contributed by atoms with Crippen molar-refractivity contribution in [1.29, 1.82) is 0 Å². The van der Waals surface area contributed by atoms with E-state index < -0.39 is 33.8 Å². The monoisotopic (exact) mass is 393 g/mol. The minimum absolute atomic E-state index is 0.0272. The van der Waals surface area contributed by atoms with Gasteiger partial charge in [-0.2, -0.15) is 18.2 Å². The van der Waals surface area contributed by atoms with Gasteiger partial charge in [-0.3, -0.25) is 14.9 Å². The van der Waals surface area contributed by atoms with Crippen LogP contribution in [0.3, 0.4) is 0 Å². The summed E-state index contributed by atoms with van der Waals surface area (Å²) in [5.74, 6) is -1.16. The molecule has 1 aromatic carbocycles. The molecule has 2 aromatic heterocycles. The van der Waals surface area contributed by atoms with Crippen LogP contribution in [0.1, 0.15) is 17.1 Å². The van der Waals surface area contributed by atoms with E-state index in [4.69, 9.17) is 4.42 Å². The number of alkyl halides is 3.